The molecule has 4 rings (SSSR count). The molecule has 34 heavy (non-hydrogen) atoms. The third kappa shape index (κ3) is 5.49. The molecule has 2 aromatic heterocycles. The highest BCUT2D eigenvalue weighted by Gasteiger charge is 2.29. The van der Waals surface area contributed by atoms with Crippen LogP contribution in [0.5, 0.6) is 5.75 Å². The molecule has 1 N–H and O–H groups in total. The molecule has 2 atom stereocenters. The monoisotopic (exact) mass is 472 g/mol. The smallest absolute Gasteiger partial charge is 0.409 e. The number of nitrogens with zero attached hydrogens (tertiary/aromatic N) is 4. The Kier molecular flexibility index (Phi) is 7.35. The normalized spacial score (nSPS) is 20.4. The van der Waals surface area contributed by atoms with Gasteiger partial charge < -0.3 is 24.2 Å². The van der Waals surface area contributed by atoms with Gasteiger partial charge in [-0.1, -0.05) is 0 Å². The van der Waals surface area contributed by atoms with Crippen molar-refractivity contribution in [1.82, 2.24) is 19.7 Å². The van der Waals surface area contributed by atoms with Crippen LogP contribution < -0.4 is 4.74 Å². The summed E-state index contributed by atoms with van der Waals surface area (Å²) >= 11 is 0. The summed E-state index contributed by atoms with van der Waals surface area (Å²) in [6.07, 6.45) is 4.08. The molecule has 1 saturated carbocycles. The van der Waals surface area contributed by atoms with Crippen LogP contribution in [0, 0.1) is 18.8 Å². The Bertz CT molecular complexity index is 1030. The van der Waals surface area contributed by atoms with Crippen LogP contribution >= 0.6 is 0 Å². The van der Waals surface area contributed by atoms with Crippen LogP contribution in [-0.4, -0.2) is 69.7 Å². The first-order chi connectivity index (χ1) is 16.3. The summed E-state index contributed by atoms with van der Waals surface area (Å²) < 4.78 is 18.5. The number of carbonyl (C=O) groups excluding carboxylic acids is 1. The molecule has 1 saturated heterocycles. The van der Waals surface area contributed by atoms with E-state index in [9.17, 15) is 14.7 Å². The molecular weight excluding hydrogens is 440 g/mol. The van der Waals surface area contributed by atoms with Crippen LogP contribution in [0.15, 0.2) is 18.3 Å². The SMILES string of the molecule is Cc1nc(-c2cnn(C)c2COC(=O)N(C)CC2COC2)ccc1O[C@H]1CCC[C@H](C(=O)O)C1. The first-order valence-electron chi connectivity index (χ1n) is 11.7. The number of rotatable bonds is 8. The van der Waals surface area contributed by atoms with Gasteiger partial charge in [-0.05, 0) is 44.7 Å². The lowest BCUT2D eigenvalue weighted by Crippen LogP contribution is -2.40. The largest absolute Gasteiger partial charge is 0.489 e. The molecular formula is C24H32N4O6. The molecule has 3 heterocycles. The molecule has 2 aliphatic rings. The zero-order chi connectivity index (χ0) is 24.2. The van der Waals surface area contributed by atoms with Gasteiger partial charge in [0.15, 0.2) is 0 Å². The minimum absolute atomic E-state index is 0.0772. The summed E-state index contributed by atoms with van der Waals surface area (Å²) in [7, 11) is 3.52. The zero-order valence-corrected chi connectivity index (χ0v) is 19.9. The van der Waals surface area contributed by atoms with Crippen LogP contribution in [0.25, 0.3) is 11.3 Å². The molecule has 2 aromatic rings. The molecule has 1 aliphatic heterocycles. The first-order valence-corrected chi connectivity index (χ1v) is 11.7. The van der Waals surface area contributed by atoms with Gasteiger partial charge in [-0.15, -0.1) is 0 Å². The van der Waals surface area contributed by atoms with E-state index < -0.39 is 5.97 Å². The van der Waals surface area contributed by atoms with Crippen molar-refractivity contribution in [3.05, 3.63) is 29.7 Å². The number of aromatic nitrogens is 3. The fourth-order valence-electron chi connectivity index (χ4n) is 4.42. The molecule has 0 bridgehead atoms. The van der Waals surface area contributed by atoms with Crippen LogP contribution in [0.2, 0.25) is 0 Å². The second kappa shape index (κ2) is 10.4. The molecule has 184 valence electrons. The van der Waals surface area contributed by atoms with Crippen LogP contribution in [0.4, 0.5) is 4.79 Å². The van der Waals surface area contributed by atoms with Crippen molar-refractivity contribution in [3.8, 4) is 17.0 Å². The van der Waals surface area contributed by atoms with E-state index in [-0.39, 0.29) is 24.7 Å². The third-order valence-electron chi connectivity index (χ3n) is 6.53. The van der Waals surface area contributed by atoms with E-state index in [4.69, 9.17) is 19.2 Å². The van der Waals surface area contributed by atoms with E-state index in [0.717, 1.165) is 24.1 Å². The Labute approximate surface area is 198 Å². The number of aryl methyl sites for hydroxylation is 2. The quantitative estimate of drug-likeness (QED) is 0.623. The van der Waals surface area contributed by atoms with Gasteiger partial charge in [0.2, 0.25) is 0 Å². The Morgan fingerprint density at radius 2 is 2.09 bits per heavy atom. The second-order valence-electron chi connectivity index (χ2n) is 9.19. The Morgan fingerprint density at radius 3 is 2.76 bits per heavy atom. The number of carboxylic acids is 1. The molecule has 10 heteroatoms. The van der Waals surface area contributed by atoms with Gasteiger partial charge >= 0.3 is 12.1 Å². The summed E-state index contributed by atoms with van der Waals surface area (Å²) in [6.45, 7) is 3.90. The Morgan fingerprint density at radius 1 is 1.29 bits per heavy atom. The van der Waals surface area contributed by atoms with Gasteiger partial charge in [-0.3, -0.25) is 9.48 Å². The molecule has 0 aromatic carbocycles. The van der Waals surface area contributed by atoms with Crippen molar-refractivity contribution >= 4 is 12.1 Å². The maximum atomic E-state index is 12.4. The molecule has 0 unspecified atom stereocenters. The molecule has 0 radical (unpaired) electrons. The number of pyridine rings is 1. The molecule has 1 aliphatic carbocycles. The van der Waals surface area contributed by atoms with Gasteiger partial charge in [0, 0.05) is 32.1 Å². The van der Waals surface area contributed by atoms with Gasteiger partial charge in [-0.2, -0.15) is 5.10 Å². The molecule has 0 spiro atoms. The van der Waals surface area contributed by atoms with Gasteiger partial charge in [0.25, 0.3) is 0 Å². The number of hydrogen-bond donors (Lipinski definition) is 1. The standard InChI is InChI=1S/C24H32N4O6/c1-15-22(34-18-6-4-5-17(9-18)23(29)30)8-7-20(26-15)19-10-25-28(3)21(19)14-33-24(31)27(2)11-16-12-32-13-16/h7-8,10,16-18H,4-6,9,11-14H2,1-3H3,(H,29,30)/t17-,18-/m0/s1. The maximum Gasteiger partial charge on any atom is 0.409 e. The van der Waals surface area contributed by atoms with Crippen LogP contribution in [-0.2, 0) is 27.9 Å². The van der Waals surface area contributed by atoms with E-state index in [0.29, 0.717) is 55.7 Å². The summed E-state index contributed by atoms with van der Waals surface area (Å²) in [6, 6.07) is 3.71. The van der Waals surface area contributed by atoms with Crippen molar-refractivity contribution in [2.24, 2.45) is 18.9 Å². The van der Waals surface area contributed by atoms with Gasteiger partial charge in [0.05, 0.1) is 48.5 Å². The lowest BCUT2D eigenvalue weighted by molar-refractivity contribution is -0.143. The molecule has 2 fully saturated rings. The Hall–Kier alpha value is -3.14. The van der Waals surface area contributed by atoms with Crippen molar-refractivity contribution in [2.45, 2.75) is 45.3 Å². The fraction of sp³-hybridized carbons (Fsp3) is 0.583. The highest BCUT2D eigenvalue weighted by Crippen LogP contribution is 2.31. The Balaban J connectivity index is 1.41. The van der Waals surface area contributed by atoms with E-state index in [1.807, 2.05) is 19.1 Å². The maximum absolute atomic E-state index is 12.4. The lowest BCUT2D eigenvalue weighted by atomic mass is 9.87. The summed E-state index contributed by atoms with van der Waals surface area (Å²) in [5.74, 6) is -0.0980. The second-order valence-corrected chi connectivity index (χ2v) is 9.19. The summed E-state index contributed by atoms with van der Waals surface area (Å²) in [5.41, 5.74) is 2.94. The lowest BCUT2D eigenvalue weighted by Gasteiger charge is -2.29. The minimum atomic E-state index is -0.758. The summed E-state index contributed by atoms with van der Waals surface area (Å²) in [4.78, 5) is 30.0. The average Bonchev–Trinajstić information content (AvgIpc) is 3.16. The highest BCUT2D eigenvalue weighted by atomic mass is 16.6. The molecule has 1 amide bonds. The average molecular weight is 473 g/mol. The van der Waals surface area contributed by atoms with Crippen LogP contribution in [0.3, 0.4) is 0 Å². The number of hydrogen-bond acceptors (Lipinski definition) is 7. The number of amides is 1. The topological polar surface area (TPSA) is 116 Å². The predicted molar refractivity (Wildman–Crippen MR) is 122 cm³/mol. The van der Waals surface area contributed by atoms with Crippen molar-refractivity contribution in [2.75, 3.05) is 26.8 Å². The van der Waals surface area contributed by atoms with E-state index in [2.05, 4.69) is 5.10 Å². The molecule has 10 nitrogen and oxygen atoms in total. The fourth-order valence-corrected chi connectivity index (χ4v) is 4.42. The van der Waals surface area contributed by atoms with E-state index in [1.54, 1.807) is 29.9 Å². The van der Waals surface area contributed by atoms with E-state index >= 15 is 0 Å². The predicted octanol–water partition coefficient (Wildman–Crippen LogP) is 3.03. The third-order valence-corrected chi connectivity index (χ3v) is 6.53. The van der Waals surface area contributed by atoms with Crippen LogP contribution in [0.1, 0.15) is 37.1 Å². The summed E-state index contributed by atoms with van der Waals surface area (Å²) in [5, 5.41) is 13.6. The van der Waals surface area contributed by atoms with Gasteiger partial charge in [-0.25, -0.2) is 9.78 Å². The van der Waals surface area contributed by atoms with Crippen molar-refractivity contribution < 1.29 is 28.9 Å². The number of ether oxygens (including phenoxy) is 3. The minimum Gasteiger partial charge on any atom is -0.489 e. The van der Waals surface area contributed by atoms with Gasteiger partial charge in [0.1, 0.15) is 12.4 Å². The number of carboxylic acid groups (broad SMARTS) is 1. The van der Waals surface area contributed by atoms with Crippen molar-refractivity contribution in [3.63, 3.8) is 0 Å². The first kappa shape index (κ1) is 24.0. The zero-order valence-electron chi connectivity index (χ0n) is 19.9. The van der Waals surface area contributed by atoms with E-state index in [1.165, 1.54) is 0 Å². The van der Waals surface area contributed by atoms with Crippen molar-refractivity contribution in [1.29, 1.82) is 0 Å². The number of aliphatic carboxylic acids is 1. The highest BCUT2D eigenvalue weighted by molar-refractivity contribution is 5.70. The number of carbonyl (C=O) groups is 2.